The predicted molar refractivity (Wildman–Crippen MR) is 237 cm³/mol. The molecule has 56 heavy (non-hydrogen) atoms. The van der Waals surface area contributed by atoms with E-state index in [9.17, 15) is 0 Å². The van der Waals surface area contributed by atoms with Crippen molar-refractivity contribution in [2.45, 2.75) is 0 Å². The SMILES string of the molecule is c1ccc(-c2ccc(-c3cc(-c4ccccc4)ccc3N(c3ccc(-c4ccccc4)cc3)c3ccc4c5ccccc5n(-c5ccccc5)c4c3)cc2)cc1. The highest BCUT2D eigenvalue weighted by Crippen LogP contribution is 2.45. The van der Waals surface area contributed by atoms with Crippen molar-refractivity contribution in [3.8, 4) is 50.2 Å². The smallest absolute Gasteiger partial charge is 0.0561 e. The van der Waals surface area contributed by atoms with Crippen molar-refractivity contribution in [2.24, 2.45) is 0 Å². The first-order chi connectivity index (χ1) is 27.8. The van der Waals surface area contributed by atoms with Crippen molar-refractivity contribution < 1.29 is 0 Å². The number of para-hydroxylation sites is 2. The van der Waals surface area contributed by atoms with Crippen LogP contribution < -0.4 is 4.90 Å². The molecule has 0 radical (unpaired) electrons. The van der Waals surface area contributed by atoms with E-state index in [1.165, 1.54) is 49.7 Å². The summed E-state index contributed by atoms with van der Waals surface area (Å²) in [6.45, 7) is 0. The number of aromatic nitrogens is 1. The number of hydrogen-bond acceptors (Lipinski definition) is 1. The molecule has 0 aliphatic carbocycles. The number of nitrogens with zero attached hydrogens (tertiary/aromatic N) is 2. The van der Waals surface area contributed by atoms with E-state index in [0.717, 1.165) is 39.4 Å². The molecule has 1 aromatic heterocycles. The molecular formula is C54H38N2. The number of rotatable bonds is 8. The van der Waals surface area contributed by atoms with E-state index in [-0.39, 0.29) is 0 Å². The number of hydrogen-bond donors (Lipinski definition) is 0. The topological polar surface area (TPSA) is 8.17 Å². The average Bonchev–Trinajstić information content (AvgIpc) is 3.62. The third kappa shape index (κ3) is 6.14. The van der Waals surface area contributed by atoms with Crippen LogP contribution in [-0.4, -0.2) is 4.57 Å². The highest BCUT2D eigenvalue weighted by molar-refractivity contribution is 6.10. The Morgan fingerprint density at radius 3 is 1.36 bits per heavy atom. The fraction of sp³-hybridized carbons (Fsp3) is 0. The third-order valence-electron chi connectivity index (χ3n) is 10.8. The van der Waals surface area contributed by atoms with Gasteiger partial charge in [0.15, 0.2) is 0 Å². The summed E-state index contributed by atoms with van der Waals surface area (Å²) in [6, 6.07) is 83.2. The number of anilines is 3. The maximum absolute atomic E-state index is 2.43. The number of benzene rings is 9. The van der Waals surface area contributed by atoms with Gasteiger partial charge >= 0.3 is 0 Å². The lowest BCUT2D eigenvalue weighted by Crippen LogP contribution is -2.11. The van der Waals surface area contributed by atoms with Crippen LogP contribution in [0.15, 0.2) is 231 Å². The standard InChI is InChI=1S/C54H38N2/c1-5-15-39(16-6-1)42-25-27-44(28-26-42)51-37-45(41-19-9-3-10-20-41)31-36-53(51)55(47-32-29-43(30-33-47)40-17-7-2-8-18-40)48-34-35-50-49-23-13-14-24-52(49)56(54(50)38-48)46-21-11-4-12-22-46/h1-38H. The van der Waals surface area contributed by atoms with Gasteiger partial charge in [-0.15, -0.1) is 0 Å². The molecule has 10 rings (SSSR count). The Labute approximate surface area is 327 Å². The molecule has 0 saturated carbocycles. The van der Waals surface area contributed by atoms with Gasteiger partial charge in [0.25, 0.3) is 0 Å². The average molecular weight is 715 g/mol. The maximum Gasteiger partial charge on any atom is 0.0561 e. The zero-order chi connectivity index (χ0) is 37.3. The monoisotopic (exact) mass is 714 g/mol. The van der Waals surface area contributed by atoms with E-state index in [2.05, 4.69) is 240 Å². The van der Waals surface area contributed by atoms with E-state index in [1.807, 2.05) is 0 Å². The van der Waals surface area contributed by atoms with Crippen molar-refractivity contribution in [2.75, 3.05) is 4.90 Å². The molecule has 10 aromatic rings. The van der Waals surface area contributed by atoms with Gasteiger partial charge in [-0.05, 0) is 93.5 Å². The molecule has 0 unspecified atom stereocenters. The second-order valence-corrected chi connectivity index (χ2v) is 14.2. The van der Waals surface area contributed by atoms with Crippen LogP contribution in [0.4, 0.5) is 17.1 Å². The molecule has 0 fully saturated rings. The quantitative estimate of drug-likeness (QED) is 0.152. The fourth-order valence-corrected chi connectivity index (χ4v) is 8.06. The van der Waals surface area contributed by atoms with Crippen molar-refractivity contribution >= 4 is 38.9 Å². The summed E-state index contributed by atoms with van der Waals surface area (Å²) in [7, 11) is 0. The maximum atomic E-state index is 2.43. The van der Waals surface area contributed by atoms with Crippen LogP contribution in [0.25, 0.3) is 72.0 Å². The summed E-state index contributed by atoms with van der Waals surface area (Å²) < 4.78 is 2.40. The first-order valence-electron chi connectivity index (χ1n) is 19.2. The first kappa shape index (κ1) is 33.2. The van der Waals surface area contributed by atoms with Crippen LogP contribution >= 0.6 is 0 Å². The summed E-state index contributed by atoms with van der Waals surface area (Å²) >= 11 is 0. The molecular weight excluding hydrogens is 677 g/mol. The van der Waals surface area contributed by atoms with E-state index in [0.29, 0.717) is 0 Å². The zero-order valence-electron chi connectivity index (χ0n) is 30.8. The minimum Gasteiger partial charge on any atom is -0.310 e. The molecule has 9 aromatic carbocycles. The molecule has 1 heterocycles. The Morgan fingerprint density at radius 2 is 0.732 bits per heavy atom. The zero-order valence-corrected chi connectivity index (χ0v) is 30.8. The van der Waals surface area contributed by atoms with Crippen LogP contribution in [0, 0.1) is 0 Å². The Balaban J connectivity index is 1.21. The van der Waals surface area contributed by atoms with Gasteiger partial charge in [-0.1, -0.05) is 176 Å². The van der Waals surface area contributed by atoms with Crippen molar-refractivity contribution in [3.05, 3.63) is 231 Å². The molecule has 264 valence electrons. The largest absolute Gasteiger partial charge is 0.310 e. The minimum absolute atomic E-state index is 1.08. The second kappa shape index (κ2) is 14.4. The molecule has 0 spiro atoms. The summed E-state index contributed by atoms with van der Waals surface area (Å²) in [6.07, 6.45) is 0. The Morgan fingerprint density at radius 1 is 0.286 bits per heavy atom. The van der Waals surface area contributed by atoms with Crippen LogP contribution in [0.1, 0.15) is 0 Å². The number of fused-ring (bicyclic) bond motifs is 3. The molecule has 0 aliphatic rings. The van der Waals surface area contributed by atoms with Gasteiger partial charge in [0, 0.05) is 33.4 Å². The van der Waals surface area contributed by atoms with E-state index in [4.69, 9.17) is 0 Å². The Kier molecular flexibility index (Phi) is 8.55. The van der Waals surface area contributed by atoms with Crippen LogP contribution in [-0.2, 0) is 0 Å². The van der Waals surface area contributed by atoms with Gasteiger partial charge in [-0.2, -0.15) is 0 Å². The van der Waals surface area contributed by atoms with E-state index < -0.39 is 0 Å². The molecule has 2 nitrogen and oxygen atoms in total. The second-order valence-electron chi connectivity index (χ2n) is 14.2. The van der Waals surface area contributed by atoms with Crippen LogP contribution in [0.5, 0.6) is 0 Å². The Hall–Kier alpha value is -7.42. The third-order valence-corrected chi connectivity index (χ3v) is 10.8. The lowest BCUT2D eigenvalue weighted by molar-refractivity contribution is 1.18. The fourth-order valence-electron chi connectivity index (χ4n) is 8.06. The van der Waals surface area contributed by atoms with Gasteiger partial charge in [0.1, 0.15) is 0 Å². The van der Waals surface area contributed by atoms with Gasteiger partial charge in [0.2, 0.25) is 0 Å². The summed E-state index contributed by atoms with van der Waals surface area (Å²) in [4.78, 5) is 2.43. The van der Waals surface area contributed by atoms with Crippen LogP contribution in [0.2, 0.25) is 0 Å². The summed E-state index contributed by atoms with van der Waals surface area (Å²) in [5.41, 5.74) is 16.2. The molecule has 0 amide bonds. The Bertz CT molecular complexity index is 2910. The lowest BCUT2D eigenvalue weighted by Gasteiger charge is -2.29. The van der Waals surface area contributed by atoms with Crippen molar-refractivity contribution in [3.63, 3.8) is 0 Å². The van der Waals surface area contributed by atoms with Gasteiger partial charge < -0.3 is 9.47 Å². The van der Waals surface area contributed by atoms with Gasteiger partial charge in [0.05, 0.1) is 16.7 Å². The highest BCUT2D eigenvalue weighted by atomic mass is 15.1. The predicted octanol–water partition coefficient (Wildman–Crippen LogP) is 14.9. The van der Waals surface area contributed by atoms with E-state index >= 15 is 0 Å². The van der Waals surface area contributed by atoms with Crippen LogP contribution in [0.3, 0.4) is 0 Å². The first-order valence-corrected chi connectivity index (χ1v) is 19.2. The van der Waals surface area contributed by atoms with Gasteiger partial charge in [-0.25, -0.2) is 0 Å². The lowest BCUT2D eigenvalue weighted by atomic mass is 9.94. The minimum atomic E-state index is 1.08. The van der Waals surface area contributed by atoms with Gasteiger partial charge in [-0.3, -0.25) is 0 Å². The molecule has 0 bridgehead atoms. The molecule has 0 atom stereocenters. The molecule has 0 N–H and O–H groups in total. The molecule has 0 saturated heterocycles. The van der Waals surface area contributed by atoms with Crippen molar-refractivity contribution in [1.29, 1.82) is 0 Å². The summed E-state index contributed by atoms with van der Waals surface area (Å²) in [5.74, 6) is 0. The molecule has 0 aliphatic heterocycles. The summed E-state index contributed by atoms with van der Waals surface area (Å²) in [5, 5.41) is 2.46. The highest BCUT2D eigenvalue weighted by Gasteiger charge is 2.21. The van der Waals surface area contributed by atoms with E-state index in [1.54, 1.807) is 0 Å². The normalized spacial score (nSPS) is 11.2. The van der Waals surface area contributed by atoms with Crippen molar-refractivity contribution in [1.82, 2.24) is 4.57 Å². The molecule has 2 heteroatoms.